The molecule has 0 amide bonds. The van der Waals surface area contributed by atoms with Gasteiger partial charge >= 0.3 is 5.97 Å². The molecule has 18 heavy (non-hydrogen) atoms. The average molecular weight is 247 g/mol. The molecule has 0 aromatic heterocycles. The quantitative estimate of drug-likeness (QED) is 0.892. The SMILES string of the molecule is Cc1ccccc1CN1CCC(C(=O)O)CC1C. The van der Waals surface area contributed by atoms with Crippen LogP contribution in [0.5, 0.6) is 0 Å². The molecule has 0 radical (unpaired) electrons. The molecular weight excluding hydrogens is 226 g/mol. The van der Waals surface area contributed by atoms with E-state index in [0.717, 1.165) is 25.9 Å². The molecular formula is C15H21NO2. The number of likely N-dealkylation sites (tertiary alicyclic amines) is 1. The van der Waals surface area contributed by atoms with Crippen molar-refractivity contribution < 1.29 is 9.90 Å². The van der Waals surface area contributed by atoms with Gasteiger partial charge in [0.1, 0.15) is 0 Å². The Morgan fingerprint density at radius 2 is 2.17 bits per heavy atom. The van der Waals surface area contributed by atoms with Crippen LogP contribution in [0.2, 0.25) is 0 Å². The van der Waals surface area contributed by atoms with Crippen LogP contribution in [0.15, 0.2) is 24.3 Å². The van der Waals surface area contributed by atoms with Crippen molar-refractivity contribution in [1.29, 1.82) is 0 Å². The summed E-state index contributed by atoms with van der Waals surface area (Å²) in [5.74, 6) is -0.800. The number of carboxylic acid groups (broad SMARTS) is 1. The first kappa shape index (κ1) is 13.1. The van der Waals surface area contributed by atoms with E-state index in [0.29, 0.717) is 6.04 Å². The first-order valence-corrected chi connectivity index (χ1v) is 6.59. The summed E-state index contributed by atoms with van der Waals surface area (Å²) < 4.78 is 0. The minimum Gasteiger partial charge on any atom is -0.481 e. The lowest BCUT2D eigenvalue weighted by Gasteiger charge is -2.36. The van der Waals surface area contributed by atoms with Gasteiger partial charge in [0.05, 0.1) is 5.92 Å². The summed E-state index contributed by atoms with van der Waals surface area (Å²) in [6.45, 7) is 6.07. The van der Waals surface area contributed by atoms with E-state index in [2.05, 4.69) is 43.0 Å². The highest BCUT2D eigenvalue weighted by Gasteiger charge is 2.29. The summed E-state index contributed by atoms with van der Waals surface area (Å²) in [6, 6.07) is 8.75. The molecule has 1 N–H and O–H groups in total. The second-order valence-electron chi connectivity index (χ2n) is 5.31. The molecule has 1 aromatic rings. The van der Waals surface area contributed by atoms with Crippen molar-refractivity contribution in [2.45, 2.75) is 39.3 Å². The third-order valence-electron chi connectivity index (χ3n) is 4.00. The Balaban J connectivity index is 2.00. The van der Waals surface area contributed by atoms with E-state index in [9.17, 15) is 4.79 Å². The molecule has 2 atom stereocenters. The van der Waals surface area contributed by atoms with Gasteiger partial charge in [0, 0.05) is 12.6 Å². The molecule has 1 saturated heterocycles. The zero-order valence-corrected chi connectivity index (χ0v) is 11.1. The van der Waals surface area contributed by atoms with Gasteiger partial charge in [0.15, 0.2) is 0 Å². The minimum absolute atomic E-state index is 0.159. The van der Waals surface area contributed by atoms with Gasteiger partial charge in [-0.25, -0.2) is 0 Å². The molecule has 2 unspecified atom stereocenters. The van der Waals surface area contributed by atoms with Gasteiger partial charge < -0.3 is 5.11 Å². The maximum Gasteiger partial charge on any atom is 0.306 e. The number of carbonyl (C=O) groups is 1. The highest BCUT2D eigenvalue weighted by Crippen LogP contribution is 2.25. The van der Waals surface area contributed by atoms with Crippen molar-refractivity contribution >= 4 is 5.97 Å². The minimum atomic E-state index is -0.641. The molecule has 1 heterocycles. The molecule has 1 aromatic carbocycles. The Kier molecular flexibility index (Phi) is 4.02. The highest BCUT2D eigenvalue weighted by molar-refractivity contribution is 5.70. The maximum atomic E-state index is 11.0. The molecule has 1 aliphatic rings. The molecule has 0 aliphatic carbocycles. The van der Waals surface area contributed by atoms with Crippen LogP contribution >= 0.6 is 0 Å². The Morgan fingerprint density at radius 3 is 2.78 bits per heavy atom. The standard InChI is InChI=1S/C15H21NO2/c1-11-5-3-4-6-14(11)10-16-8-7-13(15(17)18)9-12(16)2/h3-6,12-13H,7-10H2,1-2H3,(H,17,18). The lowest BCUT2D eigenvalue weighted by molar-refractivity contribution is -0.144. The molecule has 2 rings (SSSR count). The van der Waals surface area contributed by atoms with Crippen LogP contribution in [-0.2, 0) is 11.3 Å². The van der Waals surface area contributed by atoms with Gasteiger partial charge in [-0.1, -0.05) is 24.3 Å². The monoisotopic (exact) mass is 247 g/mol. The first-order valence-electron chi connectivity index (χ1n) is 6.59. The molecule has 3 nitrogen and oxygen atoms in total. The molecule has 3 heteroatoms. The predicted octanol–water partition coefficient (Wildman–Crippen LogP) is 2.68. The van der Waals surface area contributed by atoms with Crippen LogP contribution in [0, 0.1) is 12.8 Å². The van der Waals surface area contributed by atoms with Gasteiger partial charge in [-0.05, 0) is 44.4 Å². The van der Waals surface area contributed by atoms with Gasteiger partial charge in [0.2, 0.25) is 0 Å². The van der Waals surface area contributed by atoms with Crippen molar-refractivity contribution in [3.05, 3.63) is 35.4 Å². The zero-order valence-electron chi connectivity index (χ0n) is 11.1. The fraction of sp³-hybridized carbons (Fsp3) is 0.533. The van der Waals surface area contributed by atoms with E-state index < -0.39 is 5.97 Å². The number of hydrogen-bond acceptors (Lipinski definition) is 2. The molecule has 0 saturated carbocycles. The van der Waals surface area contributed by atoms with E-state index in [1.54, 1.807) is 0 Å². The van der Waals surface area contributed by atoms with Crippen LogP contribution in [-0.4, -0.2) is 28.6 Å². The number of piperidine rings is 1. The second kappa shape index (κ2) is 5.53. The van der Waals surface area contributed by atoms with Crippen molar-refractivity contribution in [3.63, 3.8) is 0 Å². The Hall–Kier alpha value is -1.35. The van der Waals surface area contributed by atoms with Gasteiger partial charge in [0.25, 0.3) is 0 Å². The Bertz CT molecular complexity index is 430. The van der Waals surface area contributed by atoms with Gasteiger partial charge in [-0.3, -0.25) is 9.69 Å². The fourth-order valence-electron chi connectivity index (χ4n) is 2.69. The normalized spacial score (nSPS) is 25.0. The number of nitrogens with zero attached hydrogens (tertiary/aromatic N) is 1. The van der Waals surface area contributed by atoms with Crippen LogP contribution in [0.1, 0.15) is 30.9 Å². The zero-order chi connectivity index (χ0) is 13.1. The lowest BCUT2D eigenvalue weighted by Crippen LogP contribution is -2.42. The molecule has 1 fully saturated rings. The number of rotatable bonds is 3. The largest absolute Gasteiger partial charge is 0.481 e. The number of carboxylic acids is 1. The van der Waals surface area contributed by atoms with E-state index in [4.69, 9.17) is 5.11 Å². The highest BCUT2D eigenvalue weighted by atomic mass is 16.4. The van der Waals surface area contributed by atoms with Crippen molar-refractivity contribution in [3.8, 4) is 0 Å². The molecule has 1 aliphatic heterocycles. The molecule has 98 valence electrons. The van der Waals surface area contributed by atoms with Gasteiger partial charge in [-0.2, -0.15) is 0 Å². The van der Waals surface area contributed by atoms with E-state index in [1.807, 2.05) is 0 Å². The lowest BCUT2D eigenvalue weighted by atomic mass is 9.91. The summed E-state index contributed by atoms with van der Waals surface area (Å²) in [4.78, 5) is 13.4. The number of benzene rings is 1. The van der Waals surface area contributed by atoms with Crippen LogP contribution < -0.4 is 0 Å². The Morgan fingerprint density at radius 1 is 1.44 bits per heavy atom. The summed E-state index contributed by atoms with van der Waals surface area (Å²) in [5.41, 5.74) is 2.66. The smallest absolute Gasteiger partial charge is 0.306 e. The van der Waals surface area contributed by atoms with Crippen molar-refractivity contribution in [2.75, 3.05) is 6.54 Å². The van der Waals surface area contributed by atoms with Crippen molar-refractivity contribution in [2.24, 2.45) is 5.92 Å². The summed E-state index contributed by atoms with van der Waals surface area (Å²) >= 11 is 0. The summed E-state index contributed by atoms with van der Waals surface area (Å²) in [6.07, 6.45) is 1.53. The Labute approximate surface area is 108 Å². The van der Waals surface area contributed by atoms with E-state index in [-0.39, 0.29) is 5.92 Å². The number of aryl methyl sites for hydroxylation is 1. The van der Waals surface area contributed by atoms with Crippen LogP contribution in [0.4, 0.5) is 0 Å². The molecule has 0 bridgehead atoms. The topological polar surface area (TPSA) is 40.5 Å². The number of aliphatic carboxylic acids is 1. The first-order chi connectivity index (χ1) is 8.58. The maximum absolute atomic E-state index is 11.0. The summed E-state index contributed by atoms with van der Waals surface area (Å²) in [5, 5.41) is 9.06. The fourth-order valence-corrected chi connectivity index (χ4v) is 2.69. The second-order valence-corrected chi connectivity index (χ2v) is 5.31. The van der Waals surface area contributed by atoms with E-state index >= 15 is 0 Å². The predicted molar refractivity (Wildman–Crippen MR) is 71.4 cm³/mol. The number of hydrogen-bond donors (Lipinski definition) is 1. The van der Waals surface area contributed by atoms with Gasteiger partial charge in [-0.15, -0.1) is 0 Å². The summed E-state index contributed by atoms with van der Waals surface area (Å²) in [7, 11) is 0. The van der Waals surface area contributed by atoms with Crippen LogP contribution in [0.3, 0.4) is 0 Å². The van der Waals surface area contributed by atoms with E-state index in [1.165, 1.54) is 11.1 Å². The van der Waals surface area contributed by atoms with Crippen molar-refractivity contribution in [1.82, 2.24) is 4.90 Å². The third kappa shape index (κ3) is 2.91. The third-order valence-corrected chi connectivity index (χ3v) is 4.00. The average Bonchev–Trinajstić information content (AvgIpc) is 2.34. The molecule has 0 spiro atoms. The van der Waals surface area contributed by atoms with Crippen LogP contribution in [0.25, 0.3) is 0 Å².